The van der Waals surface area contributed by atoms with Crippen molar-refractivity contribution in [2.75, 3.05) is 13.2 Å². The fourth-order valence-electron chi connectivity index (χ4n) is 0. The first kappa shape index (κ1) is 29.9. The summed E-state index contributed by atoms with van der Waals surface area (Å²) in [5, 5.41) is 15.8. The first-order chi connectivity index (χ1) is 3.83. The van der Waals surface area contributed by atoms with Gasteiger partial charge in [0, 0.05) is 13.2 Å². The van der Waals surface area contributed by atoms with Crippen LogP contribution < -0.4 is 0 Å². The average Bonchev–Trinajstić information content (AvgIpc) is 1.88. The van der Waals surface area contributed by atoms with Crippen LogP contribution in [0.25, 0.3) is 0 Å². The Bertz CT molecular complexity index is 20.1. The fraction of sp³-hybridized carbons (Fsp3) is 0.750. The minimum atomic E-state index is 0. The summed E-state index contributed by atoms with van der Waals surface area (Å²) < 4.78 is 0. The van der Waals surface area contributed by atoms with Crippen LogP contribution in [0.1, 0.15) is 26.7 Å². The van der Waals surface area contributed by atoms with Crippen molar-refractivity contribution < 1.29 is 31.9 Å². The standard InChI is InChI=1S/2C3H8O.2CH3.Ti/c2*1-2-3-4;;;/h2*4H,2-3H2,1H3;2*1H3;/q;;2*-1;+2. The Balaban J connectivity index is -0.0000000171. The second kappa shape index (κ2) is 46.0. The summed E-state index contributed by atoms with van der Waals surface area (Å²) >= 11 is 0. The molecule has 2 nitrogen and oxygen atoms in total. The van der Waals surface area contributed by atoms with Gasteiger partial charge in [0.1, 0.15) is 0 Å². The van der Waals surface area contributed by atoms with Gasteiger partial charge in [0.2, 0.25) is 0 Å². The molecule has 0 saturated carbocycles. The molecule has 0 radical (unpaired) electrons. The van der Waals surface area contributed by atoms with Gasteiger partial charge >= 0.3 is 21.7 Å². The predicted molar refractivity (Wildman–Crippen MR) is 47.6 cm³/mol. The zero-order valence-electron chi connectivity index (χ0n) is 8.22. The van der Waals surface area contributed by atoms with Crippen molar-refractivity contribution in [3.05, 3.63) is 14.9 Å². The third-order valence-electron chi connectivity index (χ3n) is 0.447. The minimum absolute atomic E-state index is 0. The van der Waals surface area contributed by atoms with Crippen molar-refractivity contribution in [1.82, 2.24) is 0 Å². The second-order valence-electron chi connectivity index (χ2n) is 1.45. The Labute approximate surface area is 86.9 Å². The van der Waals surface area contributed by atoms with E-state index < -0.39 is 0 Å². The molecule has 0 aromatic heterocycles. The second-order valence-corrected chi connectivity index (χ2v) is 1.45. The molecule has 0 saturated heterocycles. The van der Waals surface area contributed by atoms with E-state index in [1.807, 2.05) is 13.8 Å². The predicted octanol–water partition coefficient (Wildman–Crippen LogP) is 1.68. The van der Waals surface area contributed by atoms with Crippen molar-refractivity contribution >= 4 is 0 Å². The normalized spacial score (nSPS) is 5.45. The molecule has 0 fully saturated rings. The molecule has 0 aromatic rings. The Morgan fingerprint density at radius 1 is 0.818 bits per heavy atom. The molecule has 0 spiro atoms. The molecular formula is C8H22O2Ti. The van der Waals surface area contributed by atoms with Gasteiger partial charge in [-0.1, -0.05) is 13.8 Å². The first-order valence-electron chi connectivity index (χ1n) is 3.05. The zero-order chi connectivity index (χ0) is 6.83. The molecule has 0 atom stereocenters. The Morgan fingerprint density at radius 2 is 0.909 bits per heavy atom. The molecule has 0 aliphatic carbocycles. The number of hydrogen-bond acceptors (Lipinski definition) is 2. The van der Waals surface area contributed by atoms with Crippen molar-refractivity contribution in [2.24, 2.45) is 0 Å². The molecule has 70 valence electrons. The molecule has 0 bridgehead atoms. The molecule has 0 unspecified atom stereocenters. The van der Waals surface area contributed by atoms with Gasteiger partial charge in [-0.05, 0) is 12.8 Å². The zero-order valence-corrected chi connectivity index (χ0v) is 9.78. The van der Waals surface area contributed by atoms with Crippen molar-refractivity contribution in [2.45, 2.75) is 26.7 Å². The third-order valence-corrected chi connectivity index (χ3v) is 0.447. The van der Waals surface area contributed by atoms with Gasteiger partial charge in [0.15, 0.2) is 0 Å². The van der Waals surface area contributed by atoms with Gasteiger partial charge in [0.05, 0.1) is 0 Å². The van der Waals surface area contributed by atoms with Crippen LogP contribution in [-0.2, 0) is 21.7 Å². The monoisotopic (exact) mass is 198 g/mol. The van der Waals surface area contributed by atoms with Gasteiger partial charge < -0.3 is 25.1 Å². The summed E-state index contributed by atoms with van der Waals surface area (Å²) in [4.78, 5) is 0. The maximum absolute atomic E-state index is 7.88. The van der Waals surface area contributed by atoms with Crippen LogP contribution in [0.2, 0.25) is 0 Å². The number of aliphatic hydroxyl groups is 2. The van der Waals surface area contributed by atoms with Crippen molar-refractivity contribution in [3.8, 4) is 0 Å². The SMILES string of the molecule is CCCO.CCCO.[CH3-].[CH3-].[Ti+2]. The van der Waals surface area contributed by atoms with Gasteiger partial charge in [-0.25, -0.2) is 0 Å². The summed E-state index contributed by atoms with van der Waals surface area (Å²) in [5.74, 6) is 0. The number of rotatable bonds is 2. The fourth-order valence-corrected chi connectivity index (χ4v) is 0. The Kier molecular flexibility index (Phi) is 125. The van der Waals surface area contributed by atoms with Gasteiger partial charge in [-0.2, -0.15) is 0 Å². The van der Waals surface area contributed by atoms with E-state index in [-0.39, 0.29) is 36.6 Å². The van der Waals surface area contributed by atoms with Crippen LogP contribution in [0.3, 0.4) is 0 Å². The molecule has 0 aliphatic rings. The molecule has 2 N–H and O–H groups in total. The third kappa shape index (κ3) is 114. The average molecular weight is 198 g/mol. The molecule has 0 rings (SSSR count). The van der Waals surface area contributed by atoms with E-state index in [2.05, 4.69) is 0 Å². The van der Waals surface area contributed by atoms with E-state index in [4.69, 9.17) is 10.2 Å². The molecule has 0 aliphatic heterocycles. The Hall–Kier alpha value is 0.634. The smallest absolute Gasteiger partial charge is 0.396 e. The molecule has 0 amide bonds. The summed E-state index contributed by atoms with van der Waals surface area (Å²) in [5.41, 5.74) is 0. The van der Waals surface area contributed by atoms with Crippen molar-refractivity contribution in [1.29, 1.82) is 0 Å². The summed E-state index contributed by atoms with van der Waals surface area (Å²) in [6, 6.07) is 0. The molecule has 3 heteroatoms. The minimum Gasteiger partial charge on any atom is -0.396 e. The van der Waals surface area contributed by atoms with Crippen LogP contribution in [0, 0.1) is 14.9 Å². The van der Waals surface area contributed by atoms with Crippen LogP contribution >= 0.6 is 0 Å². The molecule has 11 heavy (non-hydrogen) atoms. The van der Waals surface area contributed by atoms with Gasteiger partial charge in [-0.15, -0.1) is 0 Å². The van der Waals surface area contributed by atoms with Crippen LogP contribution in [-0.4, -0.2) is 23.4 Å². The first-order valence-corrected chi connectivity index (χ1v) is 3.05. The van der Waals surface area contributed by atoms with E-state index in [9.17, 15) is 0 Å². The number of hydrogen-bond donors (Lipinski definition) is 2. The topological polar surface area (TPSA) is 40.5 Å². The number of aliphatic hydroxyl groups excluding tert-OH is 2. The summed E-state index contributed by atoms with van der Waals surface area (Å²) in [6.45, 7) is 4.50. The van der Waals surface area contributed by atoms with E-state index in [1.165, 1.54) is 0 Å². The van der Waals surface area contributed by atoms with Crippen molar-refractivity contribution in [3.63, 3.8) is 0 Å². The maximum Gasteiger partial charge on any atom is 2.00 e. The molecule has 0 heterocycles. The molecule has 0 aromatic carbocycles. The van der Waals surface area contributed by atoms with E-state index in [0.29, 0.717) is 13.2 Å². The largest absolute Gasteiger partial charge is 2.00 e. The van der Waals surface area contributed by atoms with Gasteiger partial charge in [-0.3, -0.25) is 0 Å². The summed E-state index contributed by atoms with van der Waals surface area (Å²) in [6.07, 6.45) is 1.75. The van der Waals surface area contributed by atoms with Gasteiger partial charge in [0.25, 0.3) is 0 Å². The Morgan fingerprint density at radius 3 is 0.909 bits per heavy atom. The van der Waals surface area contributed by atoms with E-state index in [1.54, 1.807) is 0 Å². The van der Waals surface area contributed by atoms with Crippen LogP contribution in [0.4, 0.5) is 0 Å². The molecular weight excluding hydrogens is 176 g/mol. The van der Waals surface area contributed by atoms with Crippen LogP contribution in [0.5, 0.6) is 0 Å². The summed E-state index contributed by atoms with van der Waals surface area (Å²) in [7, 11) is 0. The maximum atomic E-state index is 7.88. The van der Waals surface area contributed by atoms with E-state index in [0.717, 1.165) is 12.8 Å². The quantitative estimate of drug-likeness (QED) is 0.523. The van der Waals surface area contributed by atoms with E-state index >= 15 is 0 Å². The van der Waals surface area contributed by atoms with Crippen LogP contribution in [0.15, 0.2) is 0 Å².